The van der Waals surface area contributed by atoms with E-state index < -0.39 is 17.6 Å². The first-order valence-corrected chi connectivity index (χ1v) is 11.9. The first-order valence-electron chi connectivity index (χ1n) is 10.3. The van der Waals surface area contributed by atoms with E-state index in [4.69, 9.17) is 27.9 Å². The number of carbonyl (C=O) groups is 1. The van der Waals surface area contributed by atoms with Crippen LogP contribution in [0.5, 0.6) is 5.75 Å². The Hall–Kier alpha value is -3.07. The van der Waals surface area contributed by atoms with Crippen LogP contribution in [-0.2, 0) is 19.3 Å². The van der Waals surface area contributed by atoms with Crippen LogP contribution in [0.3, 0.4) is 0 Å². The minimum atomic E-state index is -4.44. The van der Waals surface area contributed by atoms with Crippen LogP contribution in [0.15, 0.2) is 72.1 Å². The number of amides is 1. The molecule has 1 N–H and O–H groups in total. The molecule has 0 unspecified atom stereocenters. The van der Waals surface area contributed by atoms with Gasteiger partial charge in [-0.2, -0.15) is 13.2 Å². The maximum absolute atomic E-state index is 12.9. The number of nitrogens with zero attached hydrogens (tertiary/aromatic N) is 1. The molecular weight excluding hydrogens is 520 g/mol. The SMILES string of the molecule is O=C(NCc1cccc(C(F)(F)F)c1)c1csc(-c2cccc(OCc3ccc(Cl)cc3Cl)c2)n1. The molecule has 4 aromatic rings. The van der Waals surface area contributed by atoms with Crippen LogP contribution >= 0.6 is 34.5 Å². The Bertz CT molecular complexity index is 1360. The summed E-state index contributed by atoms with van der Waals surface area (Å²) in [5.41, 5.74) is 1.30. The standard InChI is InChI=1S/C25H17Cl2F3N2O2S/c26-19-8-7-17(21(27)11-19)13-34-20-6-2-4-16(10-20)24-32-22(14-35-24)23(33)31-12-15-3-1-5-18(9-15)25(28,29)30/h1-11,14H,12-13H2,(H,31,33). The molecule has 0 saturated heterocycles. The van der Waals surface area contributed by atoms with Gasteiger partial charge >= 0.3 is 6.18 Å². The number of halogens is 5. The fourth-order valence-electron chi connectivity index (χ4n) is 3.16. The van der Waals surface area contributed by atoms with E-state index in [0.717, 1.165) is 23.3 Å². The highest BCUT2D eigenvalue weighted by Crippen LogP contribution is 2.30. The zero-order valence-corrected chi connectivity index (χ0v) is 20.2. The maximum Gasteiger partial charge on any atom is 0.416 e. The van der Waals surface area contributed by atoms with Gasteiger partial charge in [0.05, 0.1) is 5.56 Å². The lowest BCUT2D eigenvalue weighted by atomic mass is 10.1. The average Bonchev–Trinajstić information content (AvgIpc) is 3.32. The van der Waals surface area contributed by atoms with Gasteiger partial charge in [-0.1, -0.05) is 53.5 Å². The van der Waals surface area contributed by atoms with Gasteiger partial charge in [0.1, 0.15) is 23.1 Å². The van der Waals surface area contributed by atoms with Gasteiger partial charge in [0.25, 0.3) is 5.91 Å². The molecule has 35 heavy (non-hydrogen) atoms. The van der Waals surface area contributed by atoms with E-state index in [1.165, 1.54) is 23.5 Å². The normalized spacial score (nSPS) is 11.3. The van der Waals surface area contributed by atoms with E-state index in [9.17, 15) is 18.0 Å². The molecular formula is C25H17Cl2F3N2O2S. The number of hydrogen-bond acceptors (Lipinski definition) is 4. The second-order valence-electron chi connectivity index (χ2n) is 7.47. The Morgan fingerprint density at radius 1 is 1.03 bits per heavy atom. The minimum absolute atomic E-state index is 0.0494. The molecule has 180 valence electrons. The molecule has 0 aliphatic heterocycles. The number of hydrogen-bond donors (Lipinski definition) is 1. The second-order valence-corrected chi connectivity index (χ2v) is 9.17. The van der Waals surface area contributed by atoms with E-state index in [-0.39, 0.29) is 18.8 Å². The number of benzene rings is 3. The second kappa shape index (κ2) is 10.7. The van der Waals surface area contributed by atoms with Crippen molar-refractivity contribution < 1.29 is 22.7 Å². The molecule has 0 aliphatic rings. The minimum Gasteiger partial charge on any atom is -0.489 e. The topological polar surface area (TPSA) is 51.2 Å². The van der Waals surface area contributed by atoms with Crippen LogP contribution < -0.4 is 10.1 Å². The molecule has 0 saturated carbocycles. The highest BCUT2D eigenvalue weighted by atomic mass is 35.5. The molecule has 0 spiro atoms. The number of carbonyl (C=O) groups excluding carboxylic acids is 1. The van der Waals surface area contributed by atoms with Crippen LogP contribution in [0.2, 0.25) is 10.0 Å². The van der Waals surface area contributed by atoms with E-state index in [1.54, 1.807) is 35.7 Å². The van der Waals surface area contributed by atoms with Crippen LogP contribution in [0, 0.1) is 0 Å². The van der Waals surface area contributed by atoms with Gasteiger partial charge in [0.15, 0.2) is 0 Å². The van der Waals surface area contributed by atoms with Crippen molar-refractivity contribution >= 4 is 40.4 Å². The molecule has 0 bridgehead atoms. The summed E-state index contributed by atoms with van der Waals surface area (Å²) in [6.45, 7) is 0.201. The zero-order valence-electron chi connectivity index (χ0n) is 17.9. The number of ether oxygens (including phenoxy) is 1. The first-order chi connectivity index (χ1) is 16.7. The summed E-state index contributed by atoms with van der Waals surface area (Å²) in [6, 6.07) is 17.2. The van der Waals surface area contributed by atoms with E-state index in [2.05, 4.69) is 10.3 Å². The molecule has 1 heterocycles. The van der Waals surface area contributed by atoms with Crippen molar-refractivity contribution in [3.05, 3.63) is 105 Å². The summed E-state index contributed by atoms with van der Waals surface area (Å²) < 4.78 is 44.5. The molecule has 0 aliphatic carbocycles. The predicted molar refractivity (Wildman–Crippen MR) is 131 cm³/mol. The summed E-state index contributed by atoms with van der Waals surface area (Å²) in [5.74, 6) is 0.119. The highest BCUT2D eigenvalue weighted by molar-refractivity contribution is 7.13. The molecule has 0 radical (unpaired) electrons. The van der Waals surface area contributed by atoms with Gasteiger partial charge in [-0.25, -0.2) is 4.98 Å². The Morgan fingerprint density at radius 2 is 1.83 bits per heavy atom. The molecule has 0 atom stereocenters. The van der Waals surface area contributed by atoms with Gasteiger partial charge in [-0.05, 0) is 42.0 Å². The van der Waals surface area contributed by atoms with Crippen molar-refractivity contribution in [3.8, 4) is 16.3 Å². The average molecular weight is 537 g/mol. The number of nitrogens with one attached hydrogen (secondary N) is 1. The van der Waals surface area contributed by atoms with Gasteiger partial charge in [0, 0.05) is 33.1 Å². The van der Waals surface area contributed by atoms with Crippen molar-refractivity contribution in [1.29, 1.82) is 0 Å². The van der Waals surface area contributed by atoms with Crippen LogP contribution in [0.1, 0.15) is 27.2 Å². The number of thiazole rings is 1. The molecule has 0 fully saturated rings. The Labute approximate surface area is 213 Å². The lowest BCUT2D eigenvalue weighted by molar-refractivity contribution is -0.137. The van der Waals surface area contributed by atoms with E-state index in [0.29, 0.717) is 26.4 Å². The Balaban J connectivity index is 1.39. The summed E-state index contributed by atoms with van der Waals surface area (Å²) in [6.07, 6.45) is -4.44. The fraction of sp³-hybridized carbons (Fsp3) is 0.120. The number of alkyl halides is 3. The van der Waals surface area contributed by atoms with Crippen molar-refractivity contribution in [1.82, 2.24) is 10.3 Å². The molecule has 3 aromatic carbocycles. The van der Waals surface area contributed by atoms with Gasteiger partial charge < -0.3 is 10.1 Å². The van der Waals surface area contributed by atoms with Crippen LogP contribution in [0.25, 0.3) is 10.6 Å². The number of rotatable bonds is 7. The molecule has 1 aromatic heterocycles. The molecule has 1 amide bonds. The lowest BCUT2D eigenvalue weighted by Gasteiger charge is -2.09. The highest BCUT2D eigenvalue weighted by Gasteiger charge is 2.30. The van der Waals surface area contributed by atoms with Crippen LogP contribution in [0.4, 0.5) is 13.2 Å². The van der Waals surface area contributed by atoms with Crippen molar-refractivity contribution in [2.75, 3.05) is 0 Å². The third kappa shape index (κ3) is 6.54. The summed E-state index contributed by atoms with van der Waals surface area (Å²) in [7, 11) is 0. The van der Waals surface area contributed by atoms with E-state index >= 15 is 0 Å². The molecule has 10 heteroatoms. The van der Waals surface area contributed by atoms with Gasteiger partial charge in [-0.15, -0.1) is 11.3 Å². The lowest BCUT2D eigenvalue weighted by Crippen LogP contribution is -2.23. The monoisotopic (exact) mass is 536 g/mol. The summed E-state index contributed by atoms with van der Waals surface area (Å²) in [4.78, 5) is 16.9. The Kier molecular flexibility index (Phi) is 7.64. The predicted octanol–water partition coefficient (Wildman–Crippen LogP) is 7.64. The summed E-state index contributed by atoms with van der Waals surface area (Å²) >= 11 is 13.4. The van der Waals surface area contributed by atoms with Crippen molar-refractivity contribution in [3.63, 3.8) is 0 Å². The summed E-state index contributed by atoms with van der Waals surface area (Å²) in [5, 5.41) is 5.85. The van der Waals surface area contributed by atoms with Crippen LogP contribution in [-0.4, -0.2) is 10.9 Å². The largest absolute Gasteiger partial charge is 0.489 e. The van der Waals surface area contributed by atoms with E-state index in [1.807, 2.05) is 12.1 Å². The smallest absolute Gasteiger partial charge is 0.416 e. The molecule has 4 rings (SSSR count). The maximum atomic E-state index is 12.9. The molecule has 4 nitrogen and oxygen atoms in total. The fourth-order valence-corrected chi connectivity index (χ4v) is 4.42. The third-order valence-electron chi connectivity index (χ3n) is 4.93. The quantitative estimate of drug-likeness (QED) is 0.264. The van der Waals surface area contributed by atoms with Gasteiger partial charge in [-0.3, -0.25) is 4.79 Å². The zero-order chi connectivity index (χ0) is 25.0. The number of aromatic nitrogens is 1. The van der Waals surface area contributed by atoms with Gasteiger partial charge in [0.2, 0.25) is 0 Å². The third-order valence-corrected chi connectivity index (χ3v) is 6.41. The van der Waals surface area contributed by atoms with Crippen molar-refractivity contribution in [2.45, 2.75) is 19.3 Å². The van der Waals surface area contributed by atoms with Crippen molar-refractivity contribution in [2.24, 2.45) is 0 Å². The first kappa shape index (κ1) is 25.0. The Morgan fingerprint density at radius 3 is 2.60 bits per heavy atom.